The number of anilines is 4. The van der Waals surface area contributed by atoms with Gasteiger partial charge in [-0.15, -0.1) is 0 Å². The van der Waals surface area contributed by atoms with Crippen molar-refractivity contribution in [3.8, 4) is 5.75 Å². The number of hydrogen-bond acceptors (Lipinski definition) is 11. The number of hydrogen-bond donors (Lipinski definition) is 2. The van der Waals surface area contributed by atoms with Crippen LogP contribution in [-0.4, -0.2) is 77.2 Å². The Bertz CT molecular complexity index is 1760. The molecule has 48 heavy (non-hydrogen) atoms. The van der Waals surface area contributed by atoms with E-state index in [1.165, 1.54) is 4.90 Å². The molecule has 4 aromatic rings. The van der Waals surface area contributed by atoms with Gasteiger partial charge in [0, 0.05) is 43.1 Å². The molecule has 2 aliphatic rings. The number of nitrogens with one attached hydrogen (secondary N) is 1. The smallest absolute Gasteiger partial charge is 0.325 e. The topological polar surface area (TPSA) is 137 Å². The average Bonchev–Trinajstić information content (AvgIpc) is 3.34. The summed E-state index contributed by atoms with van der Waals surface area (Å²) in [5.74, 6) is -0.0931. The molecule has 12 nitrogen and oxygen atoms in total. The third-order valence-corrected chi connectivity index (χ3v) is 8.45. The second-order valence-electron chi connectivity index (χ2n) is 11.7. The van der Waals surface area contributed by atoms with Gasteiger partial charge in [-0.2, -0.15) is 4.98 Å². The molecule has 3 heterocycles. The van der Waals surface area contributed by atoms with Crippen molar-refractivity contribution in [3.63, 3.8) is 0 Å². The molecule has 2 amide bonds. The van der Waals surface area contributed by atoms with E-state index in [1.54, 1.807) is 49.4 Å². The van der Waals surface area contributed by atoms with Gasteiger partial charge in [0.1, 0.15) is 18.1 Å². The maximum Gasteiger partial charge on any atom is 0.325 e. The maximum absolute atomic E-state index is 13.3. The molecule has 3 aromatic carbocycles. The number of fused-ring (bicyclic) bond motifs is 1. The van der Waals surface area contributed by atoms with Crippen molar-refractivity contribution in [3.05, 3.63) is 101 Å². The Morgan fingerprint density at radius 3 is 2.35 bits per heavy atom. The van der Waals surface area contributed by atoms with Crippen molar-refractivity contribution in [2.24, 2.45) is 0 Å². The van der Waals surface area contributed by atoms with Crippen LogP contribution < -0.4 is 19.9 Å². The van der Waals surface area contributed by atoms with E-state index in [2.05, 4.69) is 15.2 Å². The van der Waals surface area contributed by atoms with Gasteiger partial charge in [-0.1, -0.05) is 42.5 Å². The minimum absolute atomic E-state index is 0.0986. The number of nitrogens with zero attached hydrogens (tertiary/aromatic N) is 5. The third-order valence-electron chi connectivity index (χ3n) is 8.45. The first-order valence-corrected chi connectivity index (χ1v) is 16.0. The third kappa shape index (κ3) is 7.08. The van der Waals surface area contributed by atoms with E-state index >= 15 is 0 Å². The zero-order valence-electron chi connectivity index (χ0n) is 27.0. The van der Waals surface area contributed by atoms with Gasteiger partial charge in [0.15, 0.2) is 0 Å². The first-order valence-electron chi connectivity index (χ1n) is 16.0. The molecule has 1 saturated heterocycles. The summed E-state index contributed by atoms with van der Waals surface area (Å²) in [6.45, 7) is 3.52. The van der Waals surface area contributed by atoms with Gasteiger partial charge in [-0.25, -0.2) is 4.98 Å². The quantitative estimate of drug-likeness (QED) is 0.165. The summed E-state index contributed by atoms with van der Waals surface area (Å²) in [5.41, 5.74) is 3.68. The van der Waals surface area contributed by atoms with Crippen LogP contribution >= 0.6 is 0 Å². The minimum atomic E-state index is -0.448. The zero-order chi connectivity index (χ0) is 33.6. The van der Waals surface area contributed by atoms with Crippen molar-refractivity contribution < 1.29 is 29.0 Å². The van der Waals surface area contributed by atoms with Crippen LogP contribution in [0.3, 0.4) is 0 Å². The van der Waals surface area contributed by atoms with Crippen LogP contribution in [0, 0.1) is 0 Å². The molecule has 0 unspecified atom stereocenters. The number of ether oxygens (including phenoxy) is 2. The highest BCUT2D eigenvalue weighted by Crippen LogP contribution is 2.34. The molecule has 2 N–H and O–H groups in total. The van der Waals surface area contributed by atoms with E-state index in [1.807, 2.05) is 48.5 Å². The molecule has 0 saturated carbocycles. The minimum Gasteiger partial charge on any atom is -0.494 e. The summed E-state index contributed by atoms with van der Waals surface area (Å²) in [4.78, 5) is 54.1. The summed E-state index contributed by atoms with van der Waals surface area (Å²) in [5, 5.41) is 13.2. The number of piperidine rings is 1. The highest BCUT2D eigenvalue weighted by molar-refractivity contribution is 6.21. The summed E-state index contributed by atoms with van der Waals surface area (Å²) in [6, 6.07) is 22.1. The highest BCUT2D eigenvalue weighted by atomic mass is 16.5. The fraction of sp³-hybridized carbons (Fsp3) is 0.306. The van der Waals surface area contributed by atoms with Crippen LogP contribution in [-0.2, 0) is 22.6 Å². The lowest BCUT2D eigenvalue weighted by molar-refractivity contribution is -0.141. The molecule has 0 atom stereocenters. The predicted octanol–water partition coefficient (Wildman–Crippen LogP) is 4.56. The Balaban J connectivity index is 1.35. The second kappa shape index (κ2) is 14.5. The molecule has 6 rings (SSSR count). The number of esters is 1. The lowest BCUT2D eigenvalue weighted by Gasteiger charge is -2.31. The Hall–Kier alpha value is -5.49. The van der Waals surface area contributed by atoms with Crippen molar-refractivity contribution in [2.45, 2.75) is 39.0 Å². The first-order chi connectivity index (χ1) is 23.3. The van der Waals surface area contributed by atoms with E-state index < -0.39 is 17.8 Å². The van der Waals surface area contributed by atoms with Gasteiger partial charge in [0.25, 0.3) is 11.8 Å². The molecule has 1 fully saturated rings. The number of aliphatic hydroxyl groups excluding tert-OH is 1. The number of carbonyl (C=O) groups excluding carboxylic acids is 3. The fourth-order valence-corrected chi connectivity index (χ4v) is 5.99. The fourth-order valence-electron chi connectivity index (χ4n) is 5.99. The number of rotatable bonds is 12. The number of aromatic nitrogens is 2. The predicted molar refractivity (Wildman–Crippen MR) is 181 cm³/mol. The molecule has 0 aliphatic carbocycles. The van der Waals surface area contributed by atoms with Gasteiger partial charge in [0.2, 0.25) is 5.95 Å². The van der Waals surface area contributed by atoms with Crippen molar-refractivity contribution >= 4 is 40.9 Å². The second-order valence-corrected chi connectivity index (χ2v) is 11.7. The van der Waals surface area contributed by atoms with Crippen LogP contribution in [0.4, 0.5) is 23.1 Å². The average molecular weight is 651 g/mol. The summed E-state index contributed by atoms with van der Waals surface area (Å²) < 4.78 is 11.0. The zero-order valence-corrected chi connectivity index (χ0v) is 27.0. The van der Waals surface area contributed by atoms with Crippen LogP contribution in [0.15, 0.2) is 79.0 Å². The molecule has 0 radical (unpaired) electrons. The Labute approximate surface area is 278 Å². The van der Waals surface area contributed by atoms with Crippen LogP contribution in [0.2, 0.25) is 0 Å². The normalized spacial score (nSPS) is 14.6. The van der Waals surface area contributed by atoms with E-state index in [-0.39, 0.29) is 31.7 Å². The summed E-state index contributed by atoms with van der Waals surface area (Å²) >= 11 is 0. The molecule has 0 bridgehead atoms. The SMILES string of the molecule is CCOC(=O)CN(Cc1ccccc1)c1nc(Nc2ccc(N3CCC(O)CC3)cc2OC)ncc1CN1C(=O)c2ccccc2C1=O. The van der Waals surface area contributed by atoms with Crippen LogP contribution in [0.1, 0.15) is 51.6 Å². The largest absolute Gasteiger partial charge is 0.494 e. The van der Waals surface area contributed by atoms with E-state index in [9.17, 15) is 19.5 Å². The van der Waals surface area contributed by atoms with E-state index in [4.69, 9.17) is 14.5 Å². The van der Waals surface area contributed by atoms with Gasteiger partial charge in [-0.3, -0.25) is 19.3 Å². The molecule has 248 valence electrons. The van der Waals surface area contributed by atoms with Gasteiger partial charge < -0.3 is 29.7 Å². The maximum atomic E-state index is 13.3. The van der Waals surface area contributed by atoms with Crippen LogP contribution in [0.5, 0.6) is 5.75 Å². The van der Waals surface area contributed by atoms with Crippen molar-refractivity contribution in [1.29, 1.82) is 0 Å². The Morgan fingerprint density at radius 1 is 1.00 bits per heavy atom. The summed E-state index contributed by atoms with van der Waals surface area (Å²) in [7, 11) is 1.59. The highest BCUT2D eigenvalue weighted by Gasteiger charge is 2.36. The molecule has 12 heteroatoms. The van der Waals surface area contributed by atoms with Gasteiger partial charge >= 0.3 is 5.97 Å². The number of imide groups is 1. The first kappa shape index (κ1) is 32.5. The van der Waals surface area contributed by atoms with E-state index in [0.717, 1.165) is 24.3 Å². The van der Waals surface area contributed by atoms with Crippen molar-refractivity contribution in [1.82, 2.24) is 14.9 Å². The summed E-state index contributed by atoms with van der Waals surface area (Å²) in [6.07, 6.45) is 2.70. The molecular formula is C36H38N6O6. The monoisotopic (exact) mass is 650 g/mol. The molecular weight excluding hydrogens is 612 g/mol. The standard InChI is InChI=1S/C36H38N6O6/c1-3-48-32(44)23-41(21-24-9-5-4-6-10-24)33-25(22-42-34(45)28-11-7-8-12-29(28)35(42)46)20-37-36(39-33)38-30-14-13-26(19-31(30)47-2)40-17-15-27(43)16-18-40/h4-14,19-20,27,43H,3,15-18,21-23H2,1-2H3,(H,37,38,39). The molecule has 2 aliphatic heterocycles. The van der Waals surface area contributed by atoms with Crippen molar-refractivity contribution in [2.75, 3.05) is 48.5 Å². The number of amides is 2. The number of methoxy groups -OCH3 is 1. The Kier molecular flexibility index (Phi) is 9.81. The number of carbonyl (C=O) groups is 3. The van der Waals surface area contributed by atoms with Gasteiger partial charge in [0.05, 0.1) is 43.2 Å². The van der Waals surface area contributed by atoms with Gasteiger partial charge in [-0.05, 0) is 49.6 Å². The molecule has 1 aromatic heterocycles. The number of benzene rings is 3. The lowest BCUT2D eigenvalue weighted by atomic mass is 10.1. The number of aliphatic hydroxyl groups is 1. The lowest BCUT2D eigenvalue weighted by Crippen LogP contribution is -2.35. The van der Waals surface area contributed by atoms with Crippen LogP contribution in [0.25, 0.3) is 0 Å². The Morgan fingerprint density at radius 2 is 1.69 bits per heavy atom. The van der Waals surface area contributed by atoms with E-state index in [0.29, 0.717) is 53.3 Å². The molecule has 0 spiro atoms.